The van der Waals surface area contributed by atoms with Crippen molar-refractivity contribution in [2.45, 2.75) is 12.5 Å². The normalized spacial score (nSPS) is 31.5. The zero-order chi connectivity index (χ0) is 8.32. The molecule has 0 aliphatic carbocycles. The highest BCUT2D eigenvalue weighted by atomic mass is 16.5. The molecule has 1 rings (SSSR count). The second kappa shape index (κ2) is 3.19. The van der Waals surface area contributed by atoms with Crippen LogP contribution in [-0.4, -0.2) is 38.3 Å². The van der Waals surface area contributed by atoms with E-state index in [-0.39, 0.29) is 5.91 Å². The van der Waals surface area contributed by atoms with E-state index in [1.54, 1.807) is 14.0 Å². The molecule has 1 aliphatic heterocycles. The summed E-state index contributed by atoms with van der Waals surface area (Å²) in [5, 5.41) is 5.68. The lowest BCUT2D eigenvalue weighted by atomic mass is 10.1. The molecule has 0 bridgehead atoms. The van der Waals surface area contributed by atoms with E-state index in [2.05, 4.69) is 10.6 Å². The summed E-state index contributed by atoms with van der Waals surface area (Å²) >= 11 is 0. The number of hydrogen-bond acceptors (Lipinski definition) is 3. The number of likely N-dealkylation sites (N-methyl/N-ethyl adjacent to an activating group) is 1. The van der Waals surface area contributed by atoms with E-state index in [4.69, 9.17) is 4.74 Å². The van der Waals surface area contributed by atoms with E-state index in [0.717, 1.165) is 6.54 Å². The van der Waals surface area contributed by atoms with Crippen molar-refractivity contribution in [1.29, 1.82) is 0 Å². The largest absolute Gasteiger partial charge is 0.363 e. The van der Waals surface area contributed by atoms with Crippen molar-refractivity contribution in [3.63, 3.8) is 0 Å². The first-order valence-corrected chi connectivity index (χ1v) is 3.76. The van der Waals surface area contributed by atoms with Gasteiger partial charge in [0.1, 0.15) is 0 Å². The van der Waals surface area contributed by atoms with Crippen LogP contribution in [0.1, 0.15) is 6.92 Å². The maximum atomic E-state index is 11.2. The molecule has 0 aromatic carbocycles. The third-order valence-electron chi connectivity index (χ3n) is 1.87. The molecule has 1 aliphatic rings. The average molecular weight is 158 g/mol. The fraction of sp³-hybridized carbons (Fsp3) is 0.857. The summed E-state index contributed by atoms with van der Waals surface area (Å²) in [6, 6.07) is 0. The zero-order valence-corrected chi connectivity index (χ0v) is 6.94. The molecule has 11 heavy (non-hydrogen) atoms. The van der Waals surface area contributed by atoms with Gasteiger partial charge in [-0.05, 0) is 6.92 Å². The van der Waals surface area contributed by atoms with Gasteiger partial charge in [-0.15, -0.1) is 0 Å². The lowest BCUT2D eigenvalue weighted by Gasteiger charge is -2.32. The van der Waals surface area contributed by atoms with E-state index >= 15 is 0 Å². The number of rotatable bonds is 1. The summed E-state index contributed by atoms with van der Waals surface area (Å²) in [6.07, 6.45) is 0. The highest BCUT2D eigenvalue weighted by Crippen LogP contribution is 2.11. The van der Waals surface area contributed by atoms with Gasteiger partial charge in [0.05, 0.1) is 6.61 Å². The second-order valence-corrected chi connectivity index (χ2v) is 2.84. The van der Waals surface area contributed by atoms with Gasteiger partial charge in [-0.3, -0.25) is 4.79 Å². The zero-order valence-electron chi connectivity index (χ0n) is 6.94. The van der Waals surface area contributed by atoms with E-state index in [0.29, 0.717) is 13.2 Å². The molecule has 0 aromatic heterocycles. The Labute approximate surface area is 66.3 Å². The Bertz CT molecular complexity index is 153. The van der Waals surface area contributed by atoms with Gasteiger partial charge in [0.25, 0.3) is 5.91 Å². The van der Waals surface area contributed by atoms with Crippen molar-refractivity contribution in [2.75, 3.05) is 26.7 Å². The Morgan fingerprint density at radius 2 is 2.45 bits per heavy atom. The van der Waals surface area contributed by atoms with Gasteiger partial charge < -0.3 is 15.4 Å². The van der Waals surface area contributed by atoms with Crippen LogP contribution in [-0.2, 0) is 9.53 Å². The quantitative estimate of drug-likeness (QED) is 0.520. The fourth-order valence-corrected chi connectivity index (χ4v) is 1.14. The molecule has 1 saturated heterocycles. The van der Waals surface area contributed by atoms with Gasteiger partial charge in [-0.2, -0.15) is 0 Å². The molecule has 0 saturated carbocycles. The van der Waals surface area contributed by atoms with Crippen molar-refractivity contribution >= 4 is 5.91 Å². The van der Waals surface area contributed by atoms with Crippen molar-refractivity contribution in [1.82, 2.24) is 10.6 Å². The van der Waals surface area contributed by atoms with E-state index in [1.807, 2.05) is 0 Å². The molecule has 64 valence electrons. The van der Waals surface area contributed by atoms with Crippen LogP contribution in [0.3, 0.4) is 0 Å². The number of morpholine rings is 1. The molecule has 1 amide bonds. The standard InChI is InChI=1S/C7H14N2O2/c1-7(6(10)8-2)5-9-3-4-11-7/h9H,3-5H2,1-2H3,(H,8,10)/t7-/m1/s1. The highest BCUT2D eigenvalue weighted by molar-refractivity contribution is 5.84. The van der Waals surface area contributed by atoms with Crippen molar-refractivity contribution in [3.8, 4) is 0 Å². The van der Waals surface area contributed by atoms with Crippen LogP contribution in [0.2, 0.25) is 0 Å². The molecule has 1 fully saturated rings. The fourth-order valence-electron chi connectivity index (χ4n) is 1.14. The average Bonchev–Trinajstić information content (AvgIpc) is 2.04. The molecule has 1 atom stereocenters. The van der Waals surface area contributed by atoms with Crippen molar-refractivity contribution in [3.05, 3.63) is 0 Å². The lowest BCUT2D eigenvalue weighted by molar-refractivity contribution is -0.147. The molecule has 4 nitrogen and oxygen atoms in total. The monoisotopic (exact) mass is 158 g/mol. The van der Waals surface area contributed by atoms with Crippen LogP contribution >= 0.6 is 0 Å². The van der Waals surface area contributed by atoms with Gasteiger partial charge in [0, 0.05) is 20.1 Å². The van der Waals surface area contributed by atoms with Crippen molar-refractivity contribution < 1.29 is 9.53 Å². The Morgan fingerprint density at radius 1 is 1.73 bits per heavy atom. The van der Waals surface area contributed by atoms with Crippen LogP contribution in [0.25, 0.3) is 0 Å². The summed E-state index contributed by atoms with van der Waals surface area (Å²) in [7, 11) is 1.62. The molecule has 0 spiro atoms. The first-order chi connectivity index (χ1) is 5.19. The first-order valence-electron chi connectivity index (χ1n) is 3.76. The molecular weight excluding hydrogens is 144 g/mol. The Morgan fingerprint density at radius 3 is 2.91 bits per heavy atom. The predicted octanol–water partition coefficient (Wildman–Crippen LogP) is -0.889. The first kappa shape index (κ1) is 8.49. The van der Waals surface area contributed by atoms with Gasteiger partial charge in [0.2, 0.25) is 0 Å². The molecule has 1 heterocycles. The van der Waals surface area contributed by atoms with E-state index in [9.17, 15) is 4.79 Å². The maximum absolute atomic E-state index is 11.2. The number of carbonyl (C=O) groups is 1. The minimum absolute atomic E-state index is 0.0651. The molecule has 0 aromatic rings. The minimum atomic E-state index is -0.674. The smallest absolute Gasteiger partial charge is 0.253 e. The van der Waals surface area contributed by atoms with E-state index < -0.39 is 5.60 Å². The number of amides is 1. The number of hydrogen-bond donors (Lipinski definition) is 2. The lowest BCUT2D eigenvalue weighted by Crippen LogP contribution is -2.56. The molecule has 0 radical (unpaired) electrons. The SMILES string of the molecule is CNC(=O)[C@@]1(C)CNCCO1. The predicted molar refractivity (Wildman–Crippen MR) is 41.3 cm³/mol. The van der Waals surface area contributed by atoms with Gasteiger partial charge in [-0.1, -0.05) is 0 Å². The van der Waals surface area contributed by atoms with E-state index in [1.165, 1.54) is 0 Å². The maximum Gasteiger partial charge on any atom is 0.253 e. The van der Waals surface area contributed by atoms with Gasteiger partial charge >= 0.3 is 0 Å². The Kier molecular flexibility index (Phi) is 2.46. The van der Waals surface area contributed by atoms with Crippen LogP contribution < -0.4 is 10.6 Å². The van der Waals surface area contributed by atoms with Crippen LogP contribution in [0.15, 0.2) is 0 Å². The molecule has 0 unspecified atom stereocenters. The molecular formula is C7H14N2O2. The third kappa shape index (κ3) is 1.70. The van der Waals surface area contributed by atoms with Crippen LogP contribution in [0, 0.1) is 0 Å². The topological polar surface area (TPSA) is 50.4 Å². The highest BCUT2D eigenvalue weighted by Gasteiger charge is 2.34. The summed E-state index contributed by atoms with van der Waals surface area (Å²) in [4.78, 5) is 11.2. The Hall–Kier alpha value is -0.610. The summed E-state index contributed by atoms with van der Waals surface area (Å²) < 4.78 is 5.34. The minimum Gasteiger partial charge on any atom is -0.363 e. The Balaban J connectivity index is 2.56. The second-order valence-electron chi connectivity index (χ2n) is 2.84. The summed E-state index contributed by atoms with van der Waals surface area (Å²) in [6.45, 7) is 3.81. The summed E-state index contributed by atoms with van der Waals surface area (Å²) in [5.41, 5.74) is -0.674. The number of nitrogens with one attached hydrogen (secondary N) is 2. The third-order valence-corrected chi connectivity index (χ3v) is 1.87. The number of ether oxygens (including phenoxy) is 1. The van der Waals surface area contributed by atoms with Crippen LogP contribution in [0.5, 0.6) is 0 Å². The molecule has 2 N–H and O–H groups in total. The van der Waals surface area contributed by atoms with Crippen molar-refractivity contribution in [2.24, 2.45) is 0 Å². The number of carbonyl (C=O) groups excluding carboxylic acids is 1. The summed E-state index contributed by atoms with van der Waals surface area (Å²) in [5.74, 6) is -0.0651. The van der Waals surface area contributed by atoms with Gasteiger partial charge in [-0.25, -0.2) is 0 Å². The molecule has 4 heteroatoms. The van der Waals surface area contributed by atoms with Crippen LogP contribution in [0.4, 0.5) is 0 Å². The van der Waals surface area contributed by atoms with Gasteiger partial charge in [0.15, 0.2) is 5.60 Å².